The number of carbonyl (C=O) groups excluding carboxylic acids is 2. The number of rotatable bonds is 7. The Hall–Kier alpha value is -0.610. The lowest BCUT2D eigenvalue weighted by Crippen LogP contribution is -2.40. The number of carbonyl (C=O) groups is 2. The minimum absolute atomic E-state index is 0.287. The van der Waals surface area contributed by atoms with Crippen LogP contribution in [0.1, 0.15) is 54.4 Å². The second-order valence-corrected chi connectivity index (χ2v) is 6.05. The van der Waals surface area contributed by atoms with Crippen LogP contribution in [0.2, 0.25) is 0 Å². The molecule has 0 aromatic carbocycles. The van der Waals surface area contributed by atoms with Gasteiger partial charge in [0.2, 0.25) is 5.24 Å². The maximum atomic E-state index is 12.1. The van der Waals surface area contributed by atoms with Gasteiger partial charge < -0.3 is 9.47 Å². The molecule has 0 saturated heterocycles. The van der Waals surface area contributed by atoms with Crippen LogP contribution in [0.3, 0.4) is 0 Å². The fourth-order valence-electron chi connectivity index (χ4n) is 1.59. The smallest absolute Gasteiger partial charge is 0.321 e. The summed E-state index contributed by atoms with van der Waals surface area (Å²) in [5, 5.41) is -0.661. The summed E-state index contributed by atoms with van der Waals surface area (Å²) < 4.78 is 10.8. The van der Waals surface area contributed by atoms with Crippen molar-refractivity contribution in [3.63, 3.8) is 0 Å². The van der Waals surface area contributed by atoms with Gasteiger partial charge in [0.1, 0.15) is 11.5 Å². The van der Waals surface area contributed by atoms with Crippen molar-refractivity contribution in [1.82, 2.24) is 0 Å². The fourth-order valence-corrected chi connectivity index (χ4v) is 1.94. The molecule has 0 N–H and O–H groups in total. The molecule has 19 heavy (non-hydrogen) atoms. The van der Waals surface area contributed by atoms with Crippen molar-refractivity contribution in [2.45, 2.75) is 66.1 Å². The maximum absolute atomic E-state index is 12.1. The third kappa shape index (κ3) is 5.49. The third-order valence-electron chi connectivity index (χ3n) is 3.03. The van der Waals surface area contributed by atoms with E-state index in [1.807, 2.05) is 20.8 Å². The lowest BCUT2D eigenvalue weighted by Gasteiger charge is -2.28. The predicted molar refractivity (Wildman–Crippen MR) is 75.1 cm³/mol. The van der Waals surface area contributed by atoms with Gasteiger partial charge in [0.05, 0.1) is 12.2 Å². The summed E-state index contributed by atoms with van der Waals surface area (Å²) in [7, 11) is 0. The van der Waals surface area contributed by atoms with Crippen LogP contribution in [0.5, 0.6) is 0 Å². The van der Waals surface area contributed by atoms with Gasteiger partial charge in [-0.3, -0.25) is 9.59 Å². The van der Waals surface area contributed by atoms with Gasteiger partial charge in [-0.2, -0.15) is 0 Å². The molecule has 0 fully saturated rings. The number of hydrogen-bond acceptors (Lipinski definition) is 4. The summed E-state index contributed by atoms with van der Waals surface area (Å²) in [5.74, 6) is -0.567. The average molecular weight is 293 g/mol. The summed E-state index contributed by atoms with van der Waals surface area (Å²) in [6, 6.07) is 0. The number of halogens is 1. The molecule has 0 spiro atoms. The van der Waals surface area contributed by atoms with E-state index in [2.05, 4.69) is 0 Å². The fraction of sp³-hybridized carbons (Fsp3) is 0.857. The first-order valence-corrected chi connectivity index (χ1v) is 7.01. The molecule has 0 aliphatic heterocycles. The van der Waals surface area contributed by atoms with Crippen molar-refractivity contribution >= 4 is 22.8 Å². The molecule has 0 aliphatic rings. The minimum Gasteiger partial charge on any atom is -0.459 e. The van der Waals surface area contributed by atoms with Crippen LogP contribution in [0, 0.1) is 5.41 Å². The molecule has 0 amide bonds. The van der Waals surface area contributed by atoms with E-state index in [4.69, 9.17) is 21.1 Å². The molecule has 0 aromatic rings. The van der Waals surface area contributed by atoms with E-state index in [0.717, 1.165) is 0 Å². The molecule has 0 aliphatic carbocycles. The van der Waals surface area contributed by atoms with E-state index in [1.54, 1.807) is 20.8 Å². The van der Waals surface area contributed by atoms with E-state index >= 15 is 0 Å². The quantitative estimate of drug-likeness (QED) is 0.410. The first-order chi connectivity index (χ1) is 8.59. The number of esters is 1. The minimum atomic E-state index is -1.24. The predicted octanol–water partition coefficient (Wildman–Crippen LogP) is 3.31. The summed E-state index contributed by atoms with van der Waals surface area (Å²) in [6.45, 7) is 11.3. The van der Waals surface area contributed by atoms with Crippen LogP contribution < -0.4 is 0 Å². The molecular weight excluding hydrogens is 268 g/mol. The van der Waals surface area contributed by atoms with Crippen molar-refractivity contribution in [3.05, 3.63) is 0 Å². The Morgan fingerprint density at radius 1 is 1.16 bits per heavy atom. The van der Waals surface area contributed by atoms with Crippen LogP contribution in [0.25, 0.3) is 0 Å². The second-order valence-electron chi connectivity index (χ2n) is 5.70. The van der Waals surface area contributed by atoms with Crippen LogP contribution in [0.15, 0.2) is 0 Å². The third-order valence-corrected chi connectivity index (χ3v) is 3.40. The van der Waals surface area contributed by atoms with Gasteiger partial charge in [-0.15, -0.1) is 0 Å². The molecule has 112 valence electrons. The van der Waals surface area contributed by atoms with Crippen molar-refractivity contribution in [1.29, 1.82) is 0 Å². The van der Waals surface area contributed by atoms with Gasteiger partial charge >= 0.3 is 5.97 Å². The van der Waals surface area contributed by atoms with Crippen LogP contribution in [0.4, 0.5) is 0 Å². The normalized spacial score (nSPS) is 14.1. The highest BCUT2D eigenvalue weighted by molar-refractivity contribution is 6.66. The Bertz CT molecular complexity index is 316. The Kier molecular flexibility index (Phi) is 7.01. The Labute approximate surface area is 120 Å². The monoisotopic (exact) mass is 292 g/mol. The van der Waals surface area contributed by atoms with Gasteiger partial charge in [-0.1, -0.05) is 13.8 Å². The average Bonchev–Trinajstić information content (AvgIpc) is 2.27. The molecule has 1 atom stereocenters. The molecule has 5 heteroatoms. The van der Waals surface area contributed by atoms with E-state index in [1.165, 1.54) is 0 Å². The van der Waals surface area contributed by atoms with Gasteiger partial charge in [0.15, 0.2) is 0 Å². The molecule has 0 aromatic heterocycles. The van der Waals surface area contributed by atoms with Crippen molar-refractivity contribution in [3.8, 4) is 0 Å². The maximum Gasteiger partial charge on any atom is 0.321 e. The molecule has 0 bridgehead atoms. The standard InChI is InChI=1S/C14H25ClO4/c1-7-14(8-2,11(15)16)12(17)19-10(3)9-18-13(4,5)6/h10H,7-9H2,1-6H3. The highest BCUT2D eigenvalue weighted by Crippen LogP contribution is 2.31. The summed E-state index contributed by atoms with van der Waals surface area (Å²) in [6.07, 6.45) is 0.245. The zero-order chi connectivity index (χ0) is 15.3. The number of hydrogen-bond donors (Lipinski definition) is 0. The highest BCUT2D eigenvalue weighted by atomic mass is 35.5. The SMILES string of the molecule is CCC(CC)(C(=O)Cl)C(=O)OC(C)COC(C)(C)C. The van der Waals surface area contributed by atoms with Gasteiger partial charge in [-0.05, 0) is 52.1 Å². The Morgan fingerprint density at radius 3 is 1.95 bits per heavy atom. The lowest BCUT2D eigenvalue weighted by molar-refractivity contribution is -0.168. The van der Waals surface area contributed by atoms with E-state index in [0.29, 0.717) is 12.8 Å². The van der Waals surface area contributed by atoms with Gasteiger partial charge in [-0.25, -0.2) is 0 Å². The Balaban J connectivity index is 4.62. The molecule has 0 rings (SSSR count). The second kappa shape index (κ2) is 7.25. The van der Waals surface area contributed by atoms with E-state index < -0.39 is 22.7 Å². The van der Waals surface area contributed by atoms with Crippen LogP contribution in [-0.4, -0.2) is 29.5 Å². The molecule has 0 radical (unpaired) electrons. The first-order valence-electron chi connectivity index (χ1n) is 6.64. The van der Waals surface area contributed by atoms with E-state index in [-0.39, 0.29) is 12.2 Å². The van der Waals surface area contributed by atoms with Crippen molar-refractivity contribution in [2.75, 3.05) is 6.61 Å². The number of ether oxygens (including phenoxy) is 2. The van der Waals surface area contributed by atoms with Gasteiger partial charge in [0, 0.05) is 0 Å². The largest absolute Gasteiger partial charge is 0.459 e. The van der Waals surface area contributed by atoms with Crippen molar-refractivity contribution in [2.24, 2.45) is 5.41 Å². The molecule has 1 unspecified atom stereocenters. The molecule has 0 saturated carbocycles. The Morgan fingerprint density at radius 2 is 1.63 bits per heavy atom. The molecular formula is C14H25ClO4. The van der Waals surface area contributed by atoms with Crippen LogP contribution in [-0.2, 0) is 19.1 Å². The topological polar surface area (TPSA) is 52.6 Å². The van der Waals surface area contributed by atoms with Crippen LogP contribution >= 0.6 is 11.6 Å². The summed E-state index contributed by atoms with van der Waals surface area (Å²) in [5.41, 5.74) is -1.53. The summed E-state index contributed by atoms with van der Waals surface area (Å²) in [4.78, 5) is 23.6. The highest BCUT2D eigenvalue weighted by Gasteiger charge is 2.43. The molecule has 4 nitrogen and oxygen atoms in total. The van der Waals surface area contributed by atoms with Crippen molar-refractivity contribution < 1.29 is 19.1 Å². The van der Waals surface area contributed by atoms with E-state index in [9.17, 15) is 9.59 Å². The lowest BCUT2D eigenvalue weighted by atomic mass is 9.84. The molecule has 0 heterocycles. The summed E-state index contributed by atoms with van der Waals surface area (Å²) >= 11 is 5.56. The zero-order valence-electron chi connectivity index (χ0n) is 12.7. The first kappa shape index (κ1) is 18.4. The van der Waals surface area contributed by atoms with Gasteiger partial charge in [0.25, 0.3) is 0 Å². The zero-order valence-corrected chi connectivity index (χ0v) is 13.5.